The third-order valence-corrected chi connectivity index (χ3v) is 2.95. The minimum atomic E-state index is -1.11. The fraction of sp³-hybridized carbons (Fsp3) is 0.154. The number of carbonyl (C=O) groups is 1. The first-order valence-electron chi connectivity index (χ1n) is 5.73. The Morgan fingerprint density at radius 2 is 2.25 bits per heavy atom. The van der Waals surface area contributed by atoms with Crippen LogP contribution in [0.2, 0.25) is 5.02 Å². The maximum Gasteiger partial charge on any atom is 0.354 e. The van der Waals surface area contributed by atoms with Crippen LogP contribution >= 0.6 is 11.6 Å². The molecule has 0 bridgehead atoms. The lowest BCUT2D eigenvalue weighted by atomic mass is 10.2. The highest BCUT2D eigenvalue weighted by Crippen LogP contribution is 2.26. The second-order valence-electron chi connectivity index (χ2n) is 3.84. The maximum absolute atomic E-state index is 10.8. The van der Waals surface area contributed by atoms with Gasteiger partial charge in [0.25, 0.3) is 0 Å². The van der Waals surface area contributed by atoms with Crippen molar-refractivity contribution >= 4 is 23.5 Å². The summed E-state index contributed by atoms with van der Waals surface area (Å²) < 4.78 is 5.22. The van der Waals surface area contributed by atoms with E-state index in [0.717, 1.165) is 5.56 Å². The van der Waals surface area contributed by atoms with E-state index in [1.165, 1.54) is 12.3 Å². The van der Waals surface area contributed by atoms with E-state index in [1.54, 1.807) is 25.3 Å². The van der Waals surface area contributed by atoms with Gasteiger partial charge in [-0.2, -0.15) is 0 Å². The predicted molar refractivity (Wildman–Crippen MR) is 74.3 cm³/mol. The van der Waals surface area contributed by atoms with E-state index >= 15 is 0 Å². The van der Waals surface area contributed by atoms with Gasteiger partial charge in [0, 0.05) is 23.3 Å². The van der Waals surface area contributed by atoms with Crippen LogP contribution in [0.5, 0.6) is 5.75 Å². The molecule has 1 aromatic carbocycles. The van der Waals surface area contributed by atoms with Gasteiger partial charge in [-0.1, -0.05) is 17.7 Å². The highest BCUT2D eigenvalue weighted by Gasteiger charge is 2.09. The van der Waals surface area contributed by atoms with Crippen molar-refractivity contribution in [1.82, 2.24) is 9.97 Å². The summed E-state index contributed by atoms with van der Waals surface area (Å²) in [6, 6.07) is 6.64. The molecule has 6 nitrogen and oxygen atoms in total. The van der Waals surface area contributed by atoms with Crippen molar-refractivity contribution in [3.63, 3.8) is 0 Å². The number of benzene rings is 1. The minimum Gasteiger partial charge on any atom is -0.496 e. The van der Waals surface area contributed by atoms with Crippen LogP contribution in [-0.2, 0) is 6.54 Å². The van der Waals surface area contributed by atoms with Crippen molar-refractivity contribution in [2.24, 2.45) is 0 Å². The molecule has 7 heteroatoms. The van der Waals surface area contributed by atoms with Gasteiger partial charge >= 0.3 is 5.97 Å². The first-order valence-corrected chi connectivity index (χ1v) is 6.11. The molecule has 104 valence electrons. The number of nitrogens with zero attached hydrogens (tertiary/aromatic N) is 2. The lowest BCUT2D eigenvalue weighted by molar-refractivity contribution is 0.0690. The van der Waals surface area contributed by atoms with Gasteiger partial charge in [0.1, 0.15) is 5.75 Å². The molecule has 0 radical (unpaired) electrons. The normalized spacial score (nSPS) is 10.1. The minimum absolute atomic E-state index is 0.0753. The summed E-state index contributed by atoms with van der Waals surface area (Å²) >= 11 is 6.10. The highest BCUT2D eigenvalue weighted by molar-refractivity contribution is 6.31. The fourth-order valence-corrected chi connectivity index (χ4v) is 1.86. The Kier molecular flexibility index (Phi) is 4.37. The number of aromatic carboxylic acids is 1. The Morgan fingerprint density at radius 3 is 2.95 bits per heavy atom. The highest BCUT2D eigenvalue weighted by atomic mass is 35.5. The molecule has 2 aromatic rings. The van der Waals surface area contributed by atoms with Gasteiger partial charge in [0.2, 0.25) is 5.95 Å². The first-order chi connectivity index (χ1) is 9.61. The molecule has 0 atom stereocenters. The van der Waals surface area contributed by atoms with Gasteiger partial charge in [-0.15, -0.1) is 0 Å². The monoisotopic (exact) mass is 293 g/mol. The Hall–Kier alpha value is -2.34. The molecule has 2 N–H and O–H groups in total. The number of nitrogens with one attached hydrogen (secondary N) is 1. The lowest BCUT2D eigenvalue weighted by Gasteiger charge is -2.11. The number of carboxylic acid groups (broad SMARTS) is 1. The van der Waals surface area contributed by atoms with E-state index in [4.69, 9.17) is 21.4 Å². The number of rotatable bonds is 5. The summed E-state index contributed by atoms with van der Waals surface area (Å²) in [7, 11) is 1.55. The average Bonchev–Trinajstić information content (AvgIpc) is 2.46. The van der Waals surface area contributed by atoms with Crippen LogP contribution in [0.25, 0.3) is 0 Å². The second kappa shape index (κ2) is 6.21. The Bertz CT molecular complexity index is 634. The fourth-order valence-electron chi connectivity index (χ4n) is 1.63. The number of aromatic nitrogens is 2. The van der Waals surface area contributed by atoms with Gasteiger partial charge in [-0.05, 0) is 18.2 Å². The Balaban J connectivity index is 2.17. The number of hydrogen-bond donors (Lipinski definition) is 2. The summed E-state index contributed by atoms with van der Waals surface area (Å²) in [6.07, 6.45) is 1.38. The van der Waals surface area contributed by atoms with Crippen molar-refractivity contribution in [1.29, 1.82) is 0 Å². The van der Waals surface area contributed by atoms with E-state index in [2.05, 4.69) is 15.3 Å². The summed E-state index contributed by atoms with van der Waals surface area (Å²) in [6.45, 7) is 0.325. The predicted octanol–water partition coefficient (Wildman–Crippen LogP) is 2.45. The number of hydrogen-bond acceptors (Lipinski definition) is 5. The molecule has 0 amide bonds. The van der Waals surface area contributed by atoms with Crippen LogP contribution in [0.15, 0.2) is 30.5 Å². The van der Waals surface area contributed by atoms with Crippen LogP contribution in [0.1, 0.15) is 16.1 Å². The molecule has 1 aromatic heterocycles. The number of methoxy groups -OCH3 is 1. The van der Waals surface area contributed by atoms with Crippen LogP contribution in [0, 0.1) is 0 Å². The zero-order valence-electron chi connectivity index (χ0n) is 10.6. The molecule has 20 heavy (non-hydrogen) atoms. The molecular weight excluding hydrogens is 282 g/mol. The quantitative estimate of drug-likeness (QED) is 0.881. The molecule has 0 fully saturated rings. The first kappa shape index (κ1) is 14.1. The molecule has 0 aliphatic carbocycles. The molecule has 2 rings (SSSR count). The van der Waals surface area contributed by atoms with E-state index in [-0.39, 0.29) is 11.6 Å². The van der Waals surface area contributed by atoms with Gasteiger partial charge in [-0.3, -0.25) is 0 Å². The van der Waals surface area contributed by atoms with Crippen molar-refractivity contribution in [2.75, 3.05) is 12.4 Å². The second-order valence-corrected chi connectivity index (χ2v) is 4.25. The third kappa shape index (κ3) is 3.16. The molecule has 0 saturated carbocycles. The Morgan fingerprint density at radius 1 is 1.45 bits per heavy atom. The number of carboxylic acids is 1. The standard InChI is InChI=1S/C13H12ClN3O3/c1-20-11-4-2-3-9(14)8(11)7-16-13-15-6-5-10(17-13)12(18)19/h2-6H,7H2,1H3,(H,18,19)(H,15,16,17). The largest absolute Gasteiger partial charge is 0.496 e. The maximum atomic E-state index is 10.8. The van der Waals surface area contributed by atoms with Crippen LogP contribution in [0.4, 0.5) is 5.95 Å². The summed E-state index contributed by atoms with van der Waals surface area (Å²) in [5.41, 5.74) is 0.676. The van der Waals surface area contributed by atoms with Gasteiger partial charge in [0.05, 0.1) is 7.11 Å². The molecule has 0 aliphatic rings. The van der Waals surface area contributed by atoms with Gasteiger partial charge < -0.3 is 15.2 Å². The zero-order valence-corrected chi connectivity index (χ0v) is 11.4. The number of ether oxygens (including phenoxy) is 1. The topological polar surface area (TPSA) is 84.3 Å². The molecule has 0 spiro atoms. The van der Waals surface area contributed by atoms with Crippen molar-refractivity contribution in [3.8, 4) is 5.75 Å². The van der Waals surface area contributed by atoms with Gasteiger partial charge in [0.15, 0.2) is 5.69 Å². The van der Waals surface area contributed by atoms with E-state index in [9.17, 15) is 4.79 Å². The third-order valence-electron chi connectivity index (χ3n) is 2.59. The van der Waals surface area contributed by atoms with Crippen LogP contribution in [-0.4, -0.2) is 28.2 Å². The molecule has 0 saturated heterocycles. The Labute approximate surface area is 120 Å². The summed E-state index contributed by atoms with van der Waals surface area (Å²) in [5, 5.41) is 12.3. The van der Waals surface area contributed by atoms with E-state index in [1.807, 2.05) is 0 Å². The smallest absolute Gasteiger partial charge is 0.354 e. The molecule has 0 unspecified atom stereocenters. The average molecular weight is 294 g/mol. The molecule has 1 heterocycles. The summed E-state index contributed by atoms with van der Waals surface area (Å²) in [5.74, 6) is -0.253. The van der Waals surface area contributed by atoms with Crippen LogP contribution in [0.3, 0.4) is 0 Å². The summed E-state index contributed by atoms with van der Waals surface area (Å²) in [4.78, 5) is 18.6. The number of anilines is 1. The van der Waals surface area contributed by atoms with Crippen molar-refractivity contribution < 1.29 is 14.6 Å². The molecule has 0 aliphatic heterocycles. The van der Waals surface area contributed by atoms with Crippen LogP contribution < -0.4 is 10.1 Å². The lowest BCUT2D eigenvalue weighted by Crippen LogP contribution is -2.08. The van der Waals surface area contributed by atoms with E-state index in [0.29, 0.717) is 17.3 Å². The molecular formula is C13H12ClN3O3. The SMILES string of the molecule is COc1cccc(Cl)c1CNc1nccc(C(=O)O)n1. The van der Waals surface area contributed by atoms with Crippen molar-refractivity contribution in [3.05, 3.63) is 46.7 Å². The van der Waals surface area contributed by atoms with E-state index < -0.39 is 5.97 Å². The number of halogens is 1. The van der Waals surface area contributed by atoms with Gasteiger partial charge in [-0.25, -0.2) is 14.8 Å². The van der Waals surface area contributed by atoms with Crippen molar-refractivity contribution in [2.45, 2.75) is 6.54 Å². The zero-order chi connectivity index (χ0) is 14.5.